The van der Waals surface area contributed by atoms with Crippen LogP contribution < -0.4 is 5.43 Å². The molecule has 0 amide bonds. The monoisotopic (exact) mass is 730 g/mol. The number of phenols is 1. The van der Waals surface area contributed by atoms with Crippen LogP contribution in [0.25, 0.3) is 16.5 Å². The zero-order valence-electron chi connectivity index (χ0n) is 32.3. The highest BCUT2D eigenvalue weighted by Gasteiger charge is 2.51. The second-order valence-corrected chi connectivity index (χ2v) is 15.5. The van der Waals surface area contributed by atoms with Gasteiger partial charge in [-0.05, 0) is 111 Å². The van der Waals surface area contributed by atoms with Gasteiger partial charge < -0.3 is 38.6 Å². The number of aryl methyl sites for hydroxylation is 1. The van der Waals surface area contributed by atoms with E-state index in [4.69, 9.17) is 18.6 Å². The standard InChI is InChI=1S/C41H50N2O10/c1-12-18(2)28-16-27(45)31-19(3)13-25-33(39(31)53-28)38(49)34-32(37(25)48)23(29-15-26(42(8)9)35(46)20(4)50-29)14-24(36(34)47)30-17-41(7,43(10)11)40(21(5)51-30)52-22(6)44/h12-14,16,20-21,26,29-30,35,40,46-47H,15,17H2,1-11H3/b18-12+/t20-,21-,26+,29-,30+,35+,40-,41-/m1/s1. The molecule has 0 radical (unpaired) electrons. The number of carbonyl (C=O) groups excluding carboxylic acids is 3. The van der Waals surface area contributed by atoms with Crippen molar-refractivity contribution in [1.82, 2.24) is 9.80 Å². The summed E-state index contributed by atoms with van der Waals surface area (Å²) in [6.45, 7) is 12.1. The van der Waals surface area contributed by atoms with Crippen LogP contribution in [0.1, 0.15) is 121 Å². The number of aromatic hydroxyl groups is 1. The summed E-state index contributed by atoms with van der Waals surface area (Å²) in [4.78, 5) is 59.4. The Morgan fingerprint density at radius 3 is 2.21 bits per heavy atom. The molecule has 2 aliphatic heterocycles. The quantitative estimate of drug-likeness (QED) is 0.249. The average Bonchev–Trinajstić information content (AvgIpc) is 3.08. The number of phenolic OH excluding ortho intramolecular Hbond substituents is 1. The zero-order valence-corrected chi connectivity index (χ0v) is 32.3. The molecule has 2 saturated heterocycles. The normalized spacial score (nSPS) is 29.1. The number of carbonyl (C=O) groups is 3. The maximum Gasteiger partial charge on any atom is 0.303 e. The van der Waals surface area contributed by atoms with Gasteiger partial charge in [0.2, 0.25) is 5.78 Å². The number of benzene rings is 2. The van der Waals surface area contributed by atoms with E-state index in [9.17, 15) is 24.6 Å². The van der Waals surface area contributed by atoms with Crippen LogP contribution in [0.4, 0.5) is 0 Å². The number of hydrogen-bond acceptors (Lipinski definition) is 12. The summed E-state index contributed by atoms with van der Waals surface area (Å²) in [5, 5.41) is 23.5. The SMILES string of the molecule is C/C=C(\C)c1cc(=O)c2c(C)cc3c(c2o1)C(=O)c1c(O)c([C@@H]2C[C@@](C)(N(C)C)[C@H](OC(C)=O)[C@@H](C)O2)cc([C@H]2C[C@H](N(C)C)[C@@H](O)[C@@H](C)O2)c1C3=O. The molecule has 3 heterocycles. The van der Waals surface area contributed by atoms with Gasteiger partial charge in [0, 0.05) is 35.7 Å². The van der Waals surface area contributed by atoms with Crippen LogP contribution in [-0.4, -0.2) is 102 Å². The Balaban J connectivity index is 1.63. The van der Waals surface area contributed by atoms with Crippen LogP contribution >= 0.6 is 0 Å². The third-order valence-corrected chi connectivity index (χ3v) is 11.7. The van der Waals surface area contributed by atoms with Gasteiger partial charge in [-0.1, -0.05) is 6.08 Å². The molecule has 0 saturated carbocycles. The summed E-state index contributed by atoms with van der Waals surface area (Å²) in [5.41, 5.74) is 0.343. The van der Waals surface area contributed by atoms with E-state index in [1.807, 2.05) is 44.9 Å². The number of rotatable bonds is 6. The Morgan fingerprint density at radius 1 is 0.943 bits per heavy atom. The van der Waals surface area contributed by atoms with Crippen molar-refractivity contribution in [3.63, 3.8) is 0 Å². The number of nitrogens with zero attached hydrogens (tertiary/aromatic N) is 2. The molecule has 3 aliphatic rings. The Bertz CT molecular complexity index is 2120. The van der Waals surface area contributed by atoms with E-state index in [-0.39, 0.29) is 68.9 Å². The predicted molar refractivity (Wildman–Crippen MR) is 198 cm³/mol. The highest BCUT2D eigenvalue weighted by Crippen LogP contribution is 2.50. The number of fused-ring (bicyclic) bond motifs is 4. The molecular formula is C41H50N2O10. The summed E-state index contributed by atoms with van der Waals surface area (Å²) < 4.78 is 25.0. The maximum atomic E-state index is 15.0. The average molecular weight is 731 g/mol. The second-order valence-electron chi connectivity index (χ2n) is 15.5. The van der Waals surface area contributed by atoms with Crippen LogP contribution in [0.3, 0.4) is 0 Å². The molecule has 53 heavy (non-hydrogen) atoms. The van der Waals surface area contributed by atoms with E-state index in [2.05, 4.69) is 0 Å². The van der Waals surface area contributed by atoms with Gasteiger partial charge in [-0.2, -0.15) is 0 Å². The summed E-state index contributed by atoms with van der Waals surface area (Å²) >= 11 is 0. The van der Waals surface area contributed by atoms with Crippen molar-refractivity contribution in [2.75, 3.05) is 28.2 Å². The van der Waals surface area contributed by atoms with Crippen molar-refractivity contribution >= 4 is 34.1 Å². The first kappa shape index (κ1) is 38.5. The van der Waals surface area contributed by atoms with Gasteiger partial charge in [0.25, 0.3) is 0 Å². The fraction of sp³-hybridized carbons (Fsp3) is 0.512. The van der Waals surface area contributed by atoms with E-state index in [1.165, 1.54) is 19.1 Å². The highest BCUT2D eigenvalue weighted by atomic mass is 16.6. The first-order valence-corrected chi connectivity index (χ1v) is 18.1. The molecule has 2 fully saturated rings. The van der Waals surface area contributed by atoms with Crippen molar-refractivity contribution in [2.45, 2.75) is 110 Å². The van der Waals surface area contributed by atoms with Crippen molar-refractivity contribution in [1.29, 1.82) is 0 Å². The topological polar surface area (TPSA) is 156 Å². The van der Waals surface area contributed by atoms with E-state index in [1.54, 1.807) is 46.8 Å². The fourth-order valence-corrected chi connectivity index (χ4v) is 8.39. The first-order chi connectivity index (χ1) is 24.8. The summed E-state index contributed by atoms with van der Waals surface area (Å²) in [7, 11) is 7.46. The lowest BCUT2D eigenvalue weighted by Crippen LogP contribution is -2.61. The maximum absolute atomic E-state index is 15.0. The number of aliphatic hydroxyl groups excluding tert-OH is 1. The lowest BCUT2D eigenvalue weighted by molar-refractivity contribution is -0.201. The molecule has 12 heteroatoms. The number of aliphatic hydroxyl groups is 1. The van der Waals surface area contributed by atoms with Gasteiger partial charge in [-0.3, -0.25) is 19.2 Å². The molecule has 3 aromatic rings. The second kappa shape index (κ2) is 13.9. The number of ketones is 2. The van der Waals surface area contributed by atoms with Crippen molar-refractivity contribution in [3.8, 4) is 5.75 Å². The molecular weight excluding hydrogens is 680 g/mol. The van der Waals surface area contributed by atoms with Crippen LogP contribution in [0.2, 0.25) is 0 Å². The van der Waals surface area contributed by atoms with Crippen LogP contribution in [0.5, 0.6) is 5.75 Å². The fourth-order valence-electron chi connectivity index (χ4n) is 8.39. The number of likely N-dealkylation sites (N-methyl/N-ethyl adjacent to an activating group) is 2. The Kier molecular flexibility index (Phi) is 10.1. The Morgan fingerprint density at radius 2 is 1.60 bits per heavy atom. The predicted octanol–water partition coefficient (Wildman–Crippen LogP) is 5.25. The lowest BCUT2D eigenvalue weighted by atomic mass is 9.74. The third kappa shape index (κ3) is 6.24. The molecule has 0 unspecified atom stereocenters. The van der Waals surface area contributed by atoms with Crippen LogP contribution in [0.15, 0.2) is 33.5 Å². The highest BCUT2D eigenvalue weighted by molar-refractivity contribution is 6.33. The van der Waals surface area contributed by atoms with Crippen LogP contribution in [0, 0.1) is 6.92 Å². The zero-order chi connectivity index (χ0) is 39.0. The van der Waals surface area contributed by atoms with E-state index in [0.29, 0.717) is 16.7 Å². The van der Waals surface area contributed by atoms with Gasteiger partial charge in [-0.25, -0.2) is 0 Å². The molecule has 6 rings (SSSR count). The van der Waals surface area contributed by atoms with Crippen molar-refractivity contribution in [2.24, 2.45) is 0 Å². The molecule has 12 nitrogen and oxygen atoms in total. The number of allylic oxidation sites excluding steroid dienone is 2. The summed E-state index contributed by atoms with van der Waals surface area (Å²) in [6.07, 6.45) is -1.99. The van der Waals surface area contributed by atoms with E-state index >= 15 is 4.79 Å². The van der Waals surface area contributed by atoms with Gasteiger partial charge in [0.15, 0.2) is 16.8 Å². The third-order valence-electron chi connectivity index (χ3n) is 11.7. The Labute approximate surface area is 309 Å². The molecule has 0 bridgehead atoms. The van der Waals surface area contributed by atoms with Gasteiger partial charge >= 0.3 is 5.97 Å². The summed E-state index contributed by atoms with van der Waals surface area (Å²) in [6, 6.07) is 4.25. The van der Waals surface area contributed by atoms with Crippen molar-refractivity contribution < 1.29 is 43.2 Å². The van der Waals surface area contributed by atoms with Gasteiger partial charge in [0.1, 0.15) is 17.6 Å². The molecule has 1 aromatic heterocycles. The summed E-state index contributed by atoms with van der Waals surface area (Å²) in [5.74, 6) is -1.83. The minimum absolute atomic E-state index is 0.00579. The van der Waals surface area contributed by atoms with Gasteiger partial charge in [-0.15, -0.1) is 0 Å². The minimum Gasteiger partial charge on any atom is -0.507 e. The Hall–Kier alpha value is -4.20. The number of ether oxygens (including phenoxy) is 3. The molecule has 284 valence electrons. The van der Waals surface area contributed by atoms with Gasteiger partial charge in [0.05, 0.1) is 52.6 Å². The molecule has 0 spiro atoms. The molecule has 8 atom stereocenters. The minimum atomic E-state index is -0.819. The smallest absolute Gasteiger partial charge is 0.303 e. The lowest BCUT2D eigenvalue weighted by Gasteiger charge is -2.50. The molecule has 1 aliphatic carbocycles. The molecule has 2 N–H and O–H groups in total. The van der Waals surface area contributed by atoms with E-state index < -0.39 is 65.4 Å². The number of hydrogen-bond donors (Lipinski definition) is 2. The largest absolute Gasteiger partial charge is 0.507 e. The molecule has 2 aromatic carbocycles. The van der Waals surface area contributed by atoms with Crippen molar-refractivity contribution in [3.05, 3.63) is 79.2 Å². The number of esters is 1. The first-order valence-electron chi connectivity index (χ1n) is 18.1. The van der Waals surface area contributed by atoms with E-state index in [0.717, 1.165) is 0 Å². The van der Waals surface area contributed by atoms with Crippen LogP contribution in [-0.2, 0) is 19.0 Å².